The van der Waals surface area contributed by atoms with Crippen molar-refractivity contribution in [2.75, 3.05) is 6.54 Å². The monoisotopic (exact) mass is 422 g/mol. The molecule has 0 spiro atoms. The quantitative estimate of drug-likeness (QED) is 0.634. The summed E-state index contributed by atoms with van der Waals surface area (Å²) in [5.41, 5.74) is 2.39. The van der Waals surface area contributed by atoms with Crippen LogP contribution in [0.4, 0.5) is 0 Å². The Labute approximate surface area is 181 Å². The number of H-pyrrole nitrogens is 1. The molecule has 1 atom stereocenters. The number of rotatable bonds is 5. The Morgan fingerprint density at radius 2 is 2.10 bits per heavy atom. The van der Waals surface area contributed by atoms with Gasteiger partial charge in [-0.1, -0.05) is 24.6 Å². The van der Waals surface area contributed by atoms with Gasteiger partial charge in [0.25, 0.3) is 0 Å². The fraction of sp³-hybridized carbons (Fsp3) is 0.261. The first-order valence-corrected chi connectivity index (χ1v) is 9.80. The van der Waals surface area contributed by atoms with Gasteiger partial charge < -0.3 is 15.0 Å². The molecule has 30 heavy (non-hydrogen) atoms. The van der Waals surface area contributed by atoms with Gasteiger partial charge in [-0.3, -0.25) is 4.79 Å². The number of hydrogen-bond acceptors (Lipinski definition) is 4. The predicted molar refractivity (Wildman–Crippen MR) is 116 cm³/mol. The SMILES string of the molecule is Cl.N#Cc1ccc(Cc2ncc[nH]2)cc1Oc1cccc(C2CCCCNC2=O)c1. The Morgan fingerprint density at radius 3 is 2.90 bits per heavy atom. The third kappa shape index (κ3) is 5.00. The number of nitrogens with zero attached hydrogens (tertiary/aromatic N) is 2. The smallest absolute Gasteiger partial charge is 0.227 e. The number of nitriles is 1. The number of aromatic amines is 1. The number of carbonyl (C=O) groups is 1. The average molecular weight is 423 g/mol. The molecule has 1 amide bonds. The second kappa shape index (κ2) is 9.95. The summed E-state index contributed by atoms with van der Waals surface area (Å²) in [6.07, 6.45) is 6.97. The minimum Gasteiger partial charge on any atom is -0.456 e. The maximum absolute atomic E-state index is 12.4. The first kappa shape index (κ1) is 21.4. The fourth-order valence-electron chi connectivity index (χ4n) is 3.62. The minimum absolute atomic E-state index is 0. The fourth-order valence-corrected chi connectivity index (χ4v) is 3.62. The number of aromatic nitrogens is 2. The molecule has 0 radical (unpaired) electrons. The molecular weight excluding hydrogens is 400 g/mol. The summed E-state index contributed by atoms with van der Waals surface area (Å²) in [5.74, 6) is 1.87. The molecule has 2 aromatic carbocycles. The second-order valence-electron chi connectivity index (χ2n) is 7.17. The molecule has 0 saturated carbocycles. The lowest BCUT2D eigenvalue weighted by molar-refractivity contribution is -0.122. The van der Waals surface area contributed by atoms with E-state index in [2.05, 4.69) is 21.4 Å². The normalized spacial score (nSPS) is 16.0. The van der Waals surface area contributed by atoms with Crippen molar-refractivity contribution in [2.45, 2.75) is 31.6 Å². The molecule has 7 heteroatoms. The van der Waals surface area contributed by atoms with Crippen LogP contribution in [0.5, 0.6) is 11.5 Å². The summed E-state index contributed by atoms with van der Waals surface area (Å²) in [6.45, 7) is 0.736. The van der Waals surface area contributed by atoms with E-state index in [9.17, 15) is 10.1 Å². The van der Waals surface area contributed by atoms with Crippen LogP contribution in [0.25, 0.3) is 0 Å². The van der Waals surface area contributed by atoms with E-state index in [1.54, 1.807) is 18.5 Å². The van der Waals surface area contributed by atoms with Crippen LogP contribution in [0.3, 0.4) is 0 Å². The van der Waals surface area contributed by atoms with Crippen molar-refractivity contribution in [3.63, 3.8) is 0 Å². The van der Waals surface area contributed by atoms with Crippen LogP contribution >= 0.6 is 12.4 Å². The van der Waals surface area contributed by atoms with Crippen molar-refractivity contribution in [3.05, 3.63) is 77.4 Å². The molecule has 154 valence electrons. The minimum atomic E-state index is -0.165. The van der Waals surface area contributed by atoms with E-state index >= 15 is 0 Å². The largest absolute Gasteiger partial charge is 0.456 e. The van der Waals surface area contributed by atoms with E-state index in [0.29, 0.717) is 23.5 Å². The van der Waals surface area contributed by atoms with Gasteiger partial charge in [0.2, 0.25) is 5.91 Å². The molecule has 1 fully saturated rings. The van der Waals surface area contributed by atoms with Gasteiger partial charge >= 0.3 is 0 Å². The summed E-state index contributed by atoms with van der Waals surface area (Å²) < 4.78 is 6.07. The lowest BCUT2D eigenvalue weighted by atomic mass is 9.93. The molecule has 1 aliphatic rings. The Balaban J connectivity index is 0.00000256. The van der Waals surface area contributed by atoms with Crippen molar-refractivity contribution in [1.82, 2.24) is 15.3 Å². The van der Waals surface area contributed by atoms with Crippen LogP contribution in [0.1, 0.15) is 47.7 Å². The zero-order valence-electron chi connectivity index (χ0n) is 16.4. The summed E-state index contributed by atoms with van der Waals surface area (Å²) >= 11 is 0. The van der Waals surface area contributed by atoms with E-state index in [4.69, 9.17) is 4.74 Å². The highest BCUT2D eigenvalue weighted by atomic mass is 35.5. The van der Waals surface area contributed by atoms with Crippen LogP contribution in [0, 0.1) is 11.3 Å². The van der Waals surface area contributed by atoms with Crippen molar-refractivity contribution < 1.29 is 9.53 Å². The molecule has 2 N–H and O–H groups in total. The summed E-state index contributed by atoms with van der Waals surface area (Å²) in [4.78, 5) is 19.7. The van der Waals surface area contributed by atoms with Gasteiger partial charge in [-0.05, 0) is 48.2 Å². The van der Waals surface area contributed by atoms with E-state index < -0.39 is 0 Å². The van der Waals surface area contributed by atoms with E-state index in [1.165, 1.54) is 0 Å². The van der Waals surface area contributed by atoms with Crippen LogP contribution < -0.4 is 10.1 Å². The van der Waals surface area contributed by atoms with Crippen LogP contribution in [0.2, 0.25) is 0 Å². The van der Waals surface area contributed by atoms with Crippen LogP contribution in [-0.4, -0.2) is 22.4 Å². The van der Waals surface area contributed by atoms with Gasteiger partial charge in [0.1, 0.15) is 23.4 Å². The standard InChI is InChI=1S/C23H22N4O2.ClH/c24-15-18-8-7-16(13-22-25-10-11-26-22)12-21(18)29-19-5-3-4-17(14-19)20-6-1-2-9-27-23(20)28;/h3-5,7-8,10-12,14,20H,1-2,6,9,13H2,(H,25,26)(H,27,28);1H. The Hall–Kier alpha value is -3.30. The molecule has 1 saturated heterocycles. The highest BCUT2D eigenvalue weighted by Gasteiger charge is 2.22. The molecule has 0 bridgehead atoms. The van der Waals surface area contributed by atoms with Crippen LogP contribution in [-0.2, 0) is 11.2 Å². The molecular formula is C23H23ClN4O2. The van der Waals surface area contributed by atoms with Crippen molar-refractivity contribution in [3.8, 4) is 17.6 Å². The number of benzene rings is 2. The number of nitrogens with one attached hydrogen (secondary N) is 2. The Bertz CT molecular complexity index is 1040. The van der Waals surface area contributed by atoms with Gasteiger partial charge in [-0.25, -0.2) is 4.98 Å². The molecule has 2 heterocycles. The number of halogens is 1. The highest BCUT2D eigenvalue weighted by molar-refractivity contribution is 5.85. The lowest BCUT2D eigenvalue weighted by Gasteiger charge is -2.15. The molecule has 0 aliphatic carbocycles. The molecule has 1 aromatic heterocycles. The van der Waals surface area contributed by atoms with Crippen molar-refractivity contribution in [2.24, 2.45) is 0 Å². The first-order chi connectivity index (χ1) is 14.2. The first-order valence-electron chi connectivity index (χ1n) is 9.80. The third-order valence-corrected chi connectivity index (χ3v) is 5.12. The van der Waals surface area contributed by atoms with E-state index in [-0.39, 0.29) is 24.2 Å². The van der Waals surface area contributed by atoms with Gasteiger partial charge in [0, 0.05) is 25.4 Å². The predicted octanol–water partition coefficient (Wildman–Crippen LogP) is 4.47. The topological polar surface area (TPSA) is 90.8 Å². The zero-order valence-corrected chi connectivity index (χ0v) is 17.2. The van der Waals surface area contributed by atoms with Gasteiger partial charge in [-0.15, -0.1) is 12.4 Å². The maximum Gasteiger partial charge on any atom is 0.227 e. The Morgan fingerprint density at radius 1 is 1.20 bits per heavy atom. The zero-order chi connectivity index (χ0) is 20.1. The number of ether oxygens (including phenoxy) is 1. The molecule has 4 rings (SSSR count). The number of amides is 1. The molecule has 1 aliphatic heterocycles. The Kier molecular flexibility index (Phi) is 7.10. The maximum atomic E-state index is 12.4. The lowest BCUT2D eigenvalue weighted by Crippen LogP contribution is -2.27. The summed E-state index contributed by atoms with van der Waals surface area (Å²) in [6, 6.07) is 15.3. The highest BCUT2D eigenvalue weighted by Crippen LogP contribution is 2.31. The third-order valence-electron chi connectivity index (χ3n) is 5.12. The summed E-state index contributed by atoms with van der Waals surface area (Å²) in [5, 5.41) is 12.4. The second-order valence-corrected chi connectivity index (χ2v) is 7.17. The summed E-state index contributed by atoms with van der Waals surface area (Å²) in [7, 11) is 0. The van der Waals surface area contributed by atoms with Gasteiger partial charge in [0.15, 0.2) is 0 Å². The van der Waals surface area contributed by atoms with Crippen molar-refractivity contribution >= 4 is 18.3 Å². The van der Waals surface area contributed by atoms with E-state index in [1.807, 2.05) is 36.4 Å². The number of carbonyl (C=O) groups excluding carboxylic acids is 1. The van der Waals surface area contributed by atoms with Gasteiger partial charge in [-0.2, -0.15) is 5.26 Å². The van der Waals surface area contributed by atoms with Gasteiger partial charge in [0.05, 0.1) is 11.5 Å². The molecule has 6 nitrogen and oxygen atoms in total. The average Bonchev–Trinajstić information content (AvgIpc) is 3.14. The van der Waals surface area contributed by atoms with Crippen LogP contribution in [0.15, 0.2) is 54.9 Å². The molecule has 1 unspecified atom stereocenters. The van der Waals surface area contributed by atoms with E-state index in [0.717, 1.165) is 42.8 Å². The molecule has 3 aromatic rings. The number of imidazole rings is 1. The number of hydrogen-bond donors (Lipinski definition) is 2. The van der Waals surface area contributed by atoms with Crippen molar-refractivity contribution in [1.29, 1.82) is 5.26 Å².